The van der Waals surface area contributed by atoms with E-state index in [1.54, 1.807) is 6.92 Å². The van der Waals surface area contributed by atoms with Crippen LogP contribution in [0.2, 0.25) is 0 Å². The number of hydrogen-bond acceptors (Lipinski definition) is 4. The summed E-state index contributed by atoms with van der Waals surface area (Å²) in [6.07, 6.45) is 0. The first kappa shape index (κ1) is 7.87. The van der Waals surface area contributed by atoms with E-state index in [4.69, 9.17) is 5.11 Å². The molecule has 5 heteroatoms. The van der Waals surface area contributed by atoms with E-state index >= 15 is 0 Å². The molecule has 0 aliphatic carbocycles. The molecule has 0 atom stereocenters. The summed E-state index contributed by atoms with van der Waals surface area (Å²) in [7, 11) is 0. The van der Waals surface area contributed by atoms with Crippen LogP contribution < -0.4 is 0 Å². The zero-order valence-corrected chi connectivity index (χ0v) is 6.51. The number of aromatic carboxylic acids is 1. The molecule has 1 heterocycles. The Morgan fingerprint density at radius 2 is 2.36 bits per heavy atom. The number of carboxylic acid groups (broad SMARTS) is 1. The van der Waals surface area contributed by atoms with Crippen LogP contribution in [0, 0.1) is 11.8 Å². The summed E-state index contributed by atoms with van der Waals surface area (Å²) in [5.74, 6) is -1.02. The second kappa shape index (κ2) is 2.79. The molecule has 1 aromatic heterocycles. The summed E-state index contributed by atoms with van der Waals surface area (Å²) in [6, 6.07) is 1.27. The minimum absolute atomic E-state index is 0.150. The Hall–Kier alpha value is -1.23. The molecular weight excluding hydrogens is 166 g/mol. The van der Waals surface area contributed by atoms with E-state index in [9.17, 15) is 9.70 Å². The quantitative estimate of drug-likeness (QED) is 0.693. The van der Waals surface area contributed by atoms with Crippen molar-refractivity contribution in [2.24, 2.45) is 5.18 Å². The van der Waals surface area contributed by atoms with Gasteiger partial charge in [-0.2, -0.15) is 0 Å². The lowest BCUT2D eigenvalue weighted by Gasteiger charge is -1.79. The Balaban J connectivity index is 3.14. The van der Waals surface area contributed by atoms with Crippen molar-refractivity contribution in [2.45, 2.75) is 6.92 Å². The van der Waals surface area contributed by atoms with Gasteiger partial charge in [-0.25, -0.2) is 4.79 Å². The maximum absolute atomic E-state index is 10.3. The molecule has 58 valence electrons. The van der Waals surface area contributed by atoms with Gasteiger partial charge in [0.25, 0.3) is 0 Å². The molecule has 0 aliphatic heterocycles. The molecule has 0 amide bonds. The fourth-order valence-corrected chi connectivity index (χ4v) is 1.46. The fraction of sp³-hybridized carbons (Fsp3) is 0.167. The zero-order chi connectivity index (χ0) is 8.43. The van der Waals surface area contributed by atoms with E-state index in [0.29, 0.717) is 4.88 Å². The topological polar surface area (TPSA) is 66.7 Å². The smallest absolute Gasteiger partial charge is 0.345 e. The van der Waals surface area contributed by atoms with Gasteiger partial charge in [0.1, 0.15) is 10.6 Å². The number of hydrogen-bond donors (Lipinski definition) is 1. The van der Waals surface area contributed by atoms with E-state index in [-0.39, 0.29) is 10.6 Å². The van der Waals surface area contributed by atoms with Crippen LogP contribution in [-0.2, 0) is 0 Å². The van der Waals surface area contributed by atoms with Crippen molar-refractivity contribution in [1.29, 1.82) is 0 Å². The Kier molecular flexibility index (Phi) is 2.00. The number of nitrogens with zero attached hydrogens (tertiary/aromatic N) is 1. The van der Waals surface area contributed by atoms with Gasteiger partial charge >= 0.3 is 5.97 Å². The van der Waals surface area contributed by atoms with E-state index < -0.39 is 5.97 Å². The van der Waals surface area contributed by atoms with Crippen LogP contribution in [0.1, 0.15) is 14.5 Å². The third-order valence-corrected chi connectivity index (χ3v) is 2.23. The molecular formula is C6H5NO3S. The van der Waals surface area contributed by atoms with Crippen LogP contribution in [0.4, 0.5) is 5.69 Å². The highest BCUT2D eigenvalue weighted by atomic mass is 32.1. The van der Waals surface area contributed by atoms with Crippen molar-refractivity contribution in [3.05, 3.63) is 20.7 Å². The predicted molar refractivity (Wildman–Crippen MR) is 41.5 cm³/mol. The number of thiophene rings is 1. The van der Waals surface area contributed by atoms with E-state index in [1.165, 1.54) is 6.07 Å². The highest BCUT2D eigenvalue weighted by Gasteiger charge is 2.10. The number of rotatable bonds is 2. The molecule has 0 spiro atoms. The Morgan fingerprint density at radius 3 is 2.64 bits per heavy atom. The largest absolute Gasteiger partial charge is 0.477 e. The molecule has 0 aliphatic rings. The lowest BCUT2D eigenvalue weighted by atomic mass is 10.4. The van der Waals surface area contributed by atoms with Gasteiger partial charge in [0.15, 0.2) is 0 Å². The molecule has 0 bridgehead atoms. The molecule has 4 nitrogen and oxygen atoms in total. The monoisotopic (exact) mass is 171 g/mol. The van der Waals surface area contributed by atoms with Gasteiger partial charge in [0.05, 0.1) is 0 Å². The summed E-state index contributed by atoms with van der Waals surface area (Å²) in [4.78, 5) is 21.2. The first-order chi connectivity index (χ1) is 5.15. The lowest BCUT2D eigenvalue weighted by molar-refractivity contribution is 0.0702. The van der Waals surface area contributed by atoms with Gasteiger partial charge < -0.3 is 5.11 Å². The van der Waals surface area contributed by atoms with Crippen LogP contribution in [-0.4, -0.2) is 11.1 Å². The van der Waals surface area contributed by atoms with Gasteiger partial charge in [-0.1, -0.05) is 0 Å². The molecule has 0 aromatic carbocycles. The highest BCUT2D eigenvalue weighted by molar-refractivity contribution is 7.14. The molecule has 1 aromatic rings. The Bertz CT molecular complexity index is 305. The lowest BCUT2D eigenvalue weighted by Crippen LogP contribution is -1.89. The first-order valence-electron chi connectivity index (χ1n) is 2.82. The fourth-order valence-electron chi connectivity index (χ4n) is 0.669. The number of nitroso groups, excluding NO2 is 1. The highest BCUT2D eigenvalue weighted by Crippen LogP contribution is 2.28. The van der Waals surface area contributed by atoms with Crippen molar-refractivity contribution in [3.8, 4) is 0 Å². The Morgan fingerprint density at radius 1 is 1.73 bits per heavy atom. The molecule has 11 heavy (non-hydrogen) atoms. The van der Waals surface area contributed by atoms with Crippen molar-refractivity contribution < 1.29 is 9.90 Å². The summed E-state index contributed by atoms with van der Waals surface area (Å²) in [5, 5.41) is 11.2. The van der Waals surface area contributed by atoms with Crippen LogP contribution in [0.5, 0.6) is 0 Å². The first-order valence-corrected chi connectivity index (χ1v) is 3.64. The van der Waals surface area contributed by atoms with Crippen molar-refractivity contribution >= 4 is 23.0 Å². The van der Waals surface area contributed by atoms with Crippen molar-refractivity contribution in [3.63, 3.8) is 0 Å². The van der Waals surface area contributed by atoms with Gasteiger partial charge in [-0.15, -0.1) is 16.2 Å². The second-order valence-corrected chi connectivity index (χ2v) is 3.20. The SMILES string of the molecule is Cc1sc(C(=O)O)cc1N=O. The predicted octanol–water partition coefficient (Wildman–Crippen LogP) is 2.15. The second-order valence-electron chi connectivity index (χ2n) is 1.95. The molecule has 0 saturated carbocycles. The molecule has 0 radical (unpaired) electrons. The number of carbonyl (C=O) groups is 1. The summed E-state index contributed by atoms with van der Waals surface area (Å²) in [6.45, 7) is 1.66. The Labute approximate surface area is 66.5 Å². The summed E-state index contributed by atoms with van der Waals surface area (Å²) < 4.78 is 0. The van der Waals surface area contributed by atoms with Crippen LogP contribution in [0.25, 0.3) is 0 Å². The van der Waals surface area contributed by atoms with E-state index in [0.717, 1.165) is 11.3 Å². The zero-order valence-electron chi connectivity index (χ0n) is 5.70. The third kappa shape index (κ3) is 1.43. The maximum Gasteiger partial charge on any atom is 0.345 e. The van der Waals surface area contributed by atoms with Gasteiger partial charge in [-0.05, 0) is 18.2 Å². The average molecular weight is 171 g/mol. The molecule has 0 unspecified atom stereocenters. The number of aryl methyl sites for hydroxylation is 1. The maximum atomic E-state index is 10.3. The van der Waals surface area contributed by atoms with Crippen molar-refractivity contribution in [2.75, 3.05) is 0 Å². The average Bonchev–Trinajstić information content (AvgIpc) is 2.31. The van der Waals surface area contributed by atoms with Crippen molar-refractivity contribution in [1.82, 2.24) is 0 Å². The standard InChI is InChI=1S/C6H5NO3S/c1-3-4(7-10)2-5(11-3)6(8)9/h2H,1H3,(H,8,9). The van der Waals surface area contributed by atoms with Crippen LogP contribution in [0.15, 0.2) is 11.2 Å². The summed E-state index contributed by atoms with van der Waals surface area (Å²) >= 11 is 1.05. The van der Waals surface area contributed by atoms with Crippen LogP contribution in [0.3, 0.4) is 0 Å². The molecule has 1 N–H and O–H groups in total. The molecule has 0 fully saturated rings. The van der Waals surface area contributed by atoms with Gasteiger partial charge in [-0.3, -0.25) is 0 Å². The minimum Gasteiger partial charge on any atom is -0.477 e. The van der Waals surface area contributed by atoms with E-state index in [1.807, 2.05) is 0 Å². The van der Waals surface area contributed by atoms with Gasteiger partial charge in [0.2, 0.25) is 0 Å². The van der Waals surface area contributed by atoms with Crippen LogP contribution >= 0.6 is 11.3 Å². The summed E-state index contributed by atoms with van der Waals surface area (Å²) in [5.41, 5.74) is 0.215. The molecule has 0 saturated heterocycles. The number of carboxylic acids is 1. The molecule has 1 rings (SSSR count). The van der Waals surface area contributed by atoms with E-state index in [2.05, 4.69) is 5.18 Å². The minimum atomic E-state index is -1.02. The third-order valence-electron chi connectivity index (χ3n) is 1.20. The van der Waals surface area contributed by atoms with Gasteiger partial charge in [0, 0.05) is 4.88 Å². The normalized spacial score (nSPS) is 9.55.